The summed E-state index contributed by atoms with van der Waals surface area (Å²) in [6.45, 7) is 10.7. The van der Waals surface area contributed by atoms with Crippen LogP contribution in [0.15, 0.2) is 12.4 Å². The Kier molecular flexibility index (Phi) is 4.37. The van der Waals surface area contributed by atoms with Crippen LogP contribution < -0.4 is 5.32 Å². The number of fused-ring (bicyclic) bond motifs is 1. The monoisotopic (exact) mass is 318 g/mol. The lowest BCUT2D eigenvalue weighted by Gasteiger charge is -2.24. The van der Waals surface area contributed by atoms with Gasteiger partial charge in [-0.15, -0.1) is 11.3 Å². The fourth-order valence-corrected chi connectivity index (χ4v) is 3.98. The number of nitrogens with zero attached hydrogens (tertiary/aromatic N) is 3. The molecule has 1 aliphatic carbocycles. The van der Waals surface area contributed by atoms with E-state index in [2.05, 4.69) is 54.0 Å². The van der Waals surface area contributed by atoms with Crippen molar-refractivity contribution in [3.05, 3.63) is 33.5 Å². The molecular weight excluding hydrogens is 292 g/mol. The molecule has 5 heteroatoms. The largest absolute Gasteiger partial charge is 0.305 e. The third-order valence-corrected chi connectivity index (χ3v) is 5.70. The molecule has 3 rings (SSSR count). The van der Waals surface area contributed by atoms with Crippen LogP contribution in [0.2, 0.25) is 0 Å². The molecule has 0 bridgehead atoms. The number of rotatable bonds is 4. The molecule has 0 amide bonds. The molecule has 2 aromatic rings. The molecule has 22 heavy (non-hydrogen) atoms. The number of nitrogens with one attached hydrogen (secondary N) is 1. The Bertz CT molecular complexity index is 635. The summed E-state index contributed by atoms with van der Waals surface area (Å²) in [4.78, 5) is 5.89. The molecule has 120 valence electrons. The van der Waals surface area contributed by atoms with Gasteiger partial charge in [-0.3, -0.25) is 4.68 Å². The molecule has 0 radical (unpaired) electrons. The van der Waals surface area contributed by atoms with E-state index in [1.165, 1.54) is 34.0 Å². The quantitative estimate of drug-likeness (QED) is 0.932. The molecule has 1 atom stereocenters. The molecule has 2 aromatic heterocycles. The molecule has 0 unspecified atom stereocenters. The summed E-state index contributed by atoms with van der Waals surface area (Å²) in [5, 5.41) is 9.45. The van der Waals surface area contributed by atoms with E-state index in [4.69, 9.17) is 0 Å². The van der Waals surface area contributed by atoms with Crippen molar-refractivity contribution in [3.63, 3.8) is 0 Å². The predicted octanol–water partition coefficient (Wildman–Crippen LogP) is 3.82. The fourth-order valence-electron chi connectivity index (χ4n) is 3.06. The third kappa shape index (κ3) is 3.10. The molecular formula is C17H26N4S. The van der Waals surface area contributed by atoms with Gasteiger partial charge in [0.1, 0.15) is 0 Å². The Balaban J connectivity index is 1.68. The Morgan fingerprint density at radius 3 is 2.86 bits per heavy atom. The normalized spacial score (nSPS) is 18.5. The van der Waals surface area contributed by atoms with Crippen molar-refractivity contribution in [2.24, 2.45) is 0 Å². The van der Waals surface area contributed by atoms with Crippen LogP contribution in [-0.2, 0) is 24.9 Å². The summed E-state index contributed by atoms with van der Waals surface area (Å²) in [6, 6.07) is 0.434. The number of hydrogen-bond donors (Lipinski definition) is 1. The van der Waals surface area contributed by atoms with Crippen molar-refractivity contribution in [1.29, 1.82) is 0 Å². The zero-order valence-electron chi connectivity index (χ0n) is 14.0. The average Bonchev–Trinajstić information content (AvgIpc) is 3.11. The molecule has 2 heterocycles. The van der Waals surface area contributed by atoms with Crippen LogP contribution in [0.5, 0.6) is 0 Å². The van der Waals surface area contributed by atoms with Gasteiger partial charge in [-0.1, -0.05) is 20.8 Å². The van der Waals surface area contributed by atoms with Crippen LogP contribution in [0.25, 0.3) is 0 Å². The highest BCUT2D eigenvalue weighted by Gasteiger charge is 2.24. The van der Waals surface area contributed by atoms with Gasteiger partial charge < -0.3 is 5.32 Å². The zero-order chi connectivity index (χ0) is 15.7. The topological polar surface area (TPSA) is 42.7 Å². The standard InChI is InChI=1S/C17H26N4S/c1-5-21-15-8-6-7-14(13(15)11-20-21)18-9-12-10-19-16(22-12)17(2,3)4/h10-11,14,18H,5-9H2,1-4H3/t14-/m0/s1. The summed E-state index contributed by atoms with van der Waals surface area (Å²) >= 11 is 1.82. The number of aromatic nitrogens is 3. The van der Waals surface area contributed by atoms with Gasteiger partial charge in [-0.25, -0.2) is 4.98 Å². The molecule has 0 saturated carbocycles. The second-order valence-corrected chi connectivity index (χ2v) is 8.19. The first-order valence-corrected chi connectivity index (χ1v) is 9.04. The van der Waals surface area contributed by atoms with Gasteiger partial charge in [0.2, 0.25) is 0 Å². The lowest BCUT2D eigenvalue weighted by Crippen LogP contribution is -2.24. The van der Waals surface area contributed by atoms with E-state index >= 15 is 0 Å². The smallest absolute Gasteiger partial charge is 0.0981 e. The molecule has 0 aromatic carbocycles. The van der Waals surface area contributed by atoms with Gasteiger partial charge >= 0.3 is 0 Å². The maximum atomic E-state index is 4.57. The molecule has 1 aliphatic rings. The number of hydrogen-bond acceptors (Lipinski definition) is 4. The Morgan fingerprint density at radius 2 is 2.18 bits per heavy atom. The van der Waals surface area contributed by atoms with E-state index in [9.17, 15) is 0 Å². The second kappa shape index (κ2) is 6.13. The van der Waals surface area contributed by atoms with Gasteiger partial charge in [0.15, 0.2) is 0 Å². The van der Waals surface area contributed by atoms with Gasteiger partial charge in [-0.05, 0) is 26.2 Å². The Hall–Kier alpha value is -1.20. The molecule has 0 fully saturated rings. The van der Waals surface area contributed by atoms with E-state index in [0.717, 1.165) is 19.5 Å². The highest BCUT2D eigenvalue weighted by molar-refractivity contribution is 7.11. The molecule has 1 N–H and O–H groups in total. The first-order valence-electron chi connectivity index (χ1n) is 8.22. The van der Waals surface area contributed by atoms with Crippen molar-refractivity contribution < 1.29 is 0 Å². The minimum atomic E-state index is 0.142. The third-order valence-electron chi connectivity index (χ3n) is 4.28. The summed E-state index contributed by atoms with van der Waals surface area (Å²) < 4.78 is 2.15. The Labute approximate surface area is 137 Å². The van der Waals surface area contributed by atoms with E-state index in [1.807, 2.05) is 17.5 Å². The average molecular weight is 318 g/mol. The van der Waals surface area contributed by atoms with Crippen LogP contribution in [-0.4, -0.2) is 14.8 Å². The molecule has 0 saturated heterocycles. The minimum absolute atomic E-state index is 0.142. The SMILES string of the molecule is CCn1ncc2c1CCC[C@@H]2NCc1cnc(C(C)(C)C)s1. The van der Waals surface area contributed by atoms with Crippen molar-refractivity contribution in [2.45, 2.75) is 71.5 Å². The van der Waals surface area contributed by atoms with Gasteiger partial charge in [-0.2, -0.15) is 5.10 Å². The number of aryl methyl sites for hydroxylation is 1. The van der Waals surface area contributed by atoms with E-state index in [0.29, 0.717) is 6.04 Å². The fraction of sp³-hybridized carbons (Fsp3) is 0.647. The van der Waals surface area contributed by atoms with E-state index < -0.39 is 0 Å². The molecule has 4 nitrogen and oxygen atoms in total. The lowest BCUT2D eigenvalue weighted by atomic mass is 9.93. The highest BCUT2D eigenvalue weighted by Crippen LogP contribution is 2.31. The highest BCUT2D eigenvalue weighted by atomic mass is 32.1. The van der Waals surface area contributed by atoms with Crippen LogP contribution in [0, 0.1) is 0 Å². The van der Waals surface area contributed by atoms with E-state index in [1.54, 1.807) is 0 Å². The Morgan fingerprint density at radius 1 is 1.36 bits per heavy atom. The summed E-state index contributed by atoms with van der Waals surface area (Å²) in [5.41, 5.74) is 2.96. The van der Waals surface area contributed by atoms with Crippen LogP contribution in [0.3, 0.4) is 0 Å². The summed E-state index contributed by atoms with van der Waals surface area (Å²) in [5.74, 6) is 0. The minimum Gasteiger partial charge on any atom is -0.305 e. The maximum Gasteiger partial charge on any atom is 0.0981 e. The molecule has 0 spiro atoms. The van der Waals surface area contributed by atoms with Crippen LogP contribution in [0.4, 0.5) is 0 Å². The summed E-state index contributed by atoms with van der Waals surface area (Å²) in [6.07, 6.45) is 7.69. The summed E-state index contributed by atoms with van der Waals surface area (Å²) in [7, 11) is 0. The number of thiazole rings is 1. The first kappa shape index (κ1) is 15.7. The van der Waals surface area contributed by atoms with Crippen molar-refractivity contribution in [2.75, 3.05) is 0 Å². The van der Waals surface area contributed by atoms with Crippen molar-refractivity contribution in [1.82, 2.24) is 20.1 Å². The van der Waals surface area contributed by atoms with Crippen LogP contribution in [0.1, 0.15) is 67.7 Å². The van der Waals surface area contributed by atoms with E-state index in [-0.39, 0.29) is 5.41 Å². The first-order chi connectivity index (χ1) is 10.5. The predicted molar refractivity (Wildman–Crippen MR) is 91.2 cm³/mol. The van der Waals surface area contributed by atoms with Gasteiger partial charge in [0.05, 0.1) is 11.2 Å². The van der Waals surface area contributed by atoms with Gasteiger partial charge in [0, 0.05) is 46.9 Å². The lowest BCUT2D eigenvalue weighted by molar-refractivity contribution is 0.449. The maximum absolute atomic E-state index is 4.57. The second-order valence-electron chi connectivity index (χ2n) is 7.07. The van der Waals surface area contributed by atoms with Gasteiger partial charge in [0.25, 0.3) is 0 Å². The van der Waals surface area contributed by atoms with Crippen LogP contribution >= 0.6 is 11.3 Å². The van der Waals surface area contributed by atoms with Crippen molar-refractivity contribution in [3.8, 4) is 0 Å². The molecule has 0 aliphatic heterocycles. The zero-order valence-corrected chi connectivity index (χ0v) is 14.8. The van der Waals surface area contributed by atoms with Crippen molar-refractivity contribution >= 4 is 11.3 Å².